The maximum atomic E-state index is 11.0. The van der Waals surface area contributed by atoms with Gasteiger partial charge in [-0.3, -0.25) is 10.1 Å². The number of nitro groups is 1. The molecule has 7 heteroatoms. The van der Waals surface area contributed by atoms with Gasteiger partial charge in [0.1, 0.15) is 5.76 Å². The maximum absolute atomic E-state index is 11.0. The Morgan fingerprint density at radius 3 is 2.65 bits per heavy atom. The number of aromatic nitrogens is 1. The molecule has 0 amide bonds. The number of nitrogens with one attached hydrogen (secondary N) is 1. The van der Waals surface area contributed by atoms with Gasteiger partial charge in [-0.2, -0.15) is 0 Å². The van der Waals surface area contributed by atoms with Crippen molar-refractivity contribution in [3.8, 4) is 0 Å². The van der Waals surface area contributed by atoms with Crippen LogP contribution in [0.1, 0.15) is 22.6 Å². The minimum absolute atomic E-state index is 0.0174. The smallest absolute Gasteiger partial charge is 0.275 e. The third-order valence-corrected chi connectivity index (χ3v) is 3.43. The first-order valence-electron chi connectivity index (χ1n) is 6.05. The van der Waals surface area contributed by atoms with E-state index >= 15 is 0 Å². The summed E-state index contributed by atoms with van der Waals surface area (Å²) in [6, 6.07) is 4.65. The Morgan fingerprint density at radius 2 is 2.05 bits per heavy atom. The van der Waals surface area contributed by atoms with Crippen molar-refractivity contribution < 1.29 is 9.45 Å². The Kier molecular flexibility index (Phi) is 4.36. The van der Waals surface area contributed by atoms with Crippen molar-refractivity contribution in [3.63, 3.8) is 0 Å². The largest absolute Gasteiger partial charge is 0.361 e. The van der Waals surface area contributed by atoms with Crippen LogP contribution in [0.5, 0.6) is 0 Å². The molecule has 1 N–H and O–H groups in total. The lowest BCUT2D eigenvalue weighted by atomic mass is 10.1. The van der Waals surface area contributed by atoms with Gasteiger partial charge in [0.15, 0.2) is 0 Å². The molecule has 6 nitrogen and oxygen atoms in total. The van der Waals surface area contributed by atoms with Crippen LogP contribution >= 0.6 is 11.6 Å². The first kappa shape index (κ1) is 14.5. The second-order valence-corrected chi connectivity index (χ2v) is 4.81. The predicted molar refractivity (Wildman–Crippen MR) is 74.6 cm³/mol. The van der Waals surface area contributed by atoms with E-state index in [1.807, 2.05) is 13.8 Å². The third-order valence-electron chi connectivity index (χ3n) is 3.08. The fraction of sp³-hybridized carbons (Fsp3) is 0.308. The van der Waals surface area contributed by atoms with E-state index in [1.54, 1.807) is 12.1 Å². The number of hydrogen-bond donors (Lipinski definition) is 1. The van der Waals surface area contributed by atoms with E-state index in [0.29, 0.717) is 23.7 Å². The SMILES string of the molecule is Cc1noc(C)c1CNCc1c(Cl)cccc1[N+](=O)[O-]. The van der Waals surface area contributed by atoms with Crippen molar-refractivity contribution in [3.05, 3.63) is 55.9 Å². The van der Waals surface area contributed by atoms with Crippen LogP contribution in [0.3, 0.4) is 0 Å². The zero-order valence-corrected chi connectivity index (χ0v) is 11.9. The van der Waals surface area contributed by atoms with Crippen molar-refractivity contribution in [1.29, 1.82) is 0 Å². The summed E-state index contributed by atoms with van der Waals surface area (Å²) < 4.78 is 5.06. The fourth-order valence-electron chi connectivity index (χ4n) is 1.96. The molecule has 106 valence electrons. The summed E-state index contributed by atoms with van der Waals surface area (Å²) in [7, 11) is 0. The molecule has 0 radical (unpaired) electrons. The number of benzene rings is 1. The molecule has 0 saturated carbocycles. The molecule has 0 saturated heterocycles. The average molecular weight is 296 g/mol. The Labute approximate surface area is 120 Å². The molecule has 1 heterocycles. The predicted octanol–water partition coefficient (Wildman–Crippen LogP) is 3.14. The first-order valence-corrected chi connectivity index (χ1v) is 6.42. The van der Waals surface area contributed by atoms with E-state index in [4.69, 9.17) is 16.1 Å². The number of hydrogen-bond acceptors (Lipinski definition) is 5. The van der Waals surface area contributed by atoms with Crippen molar-refractivity contribution in [2.24, 2.45) is 0 Å². The molecule has 2 aromatic rings. The van der Waals surface area contributed by atoms with Gasteiger partial charge in [-0.25, -0.2) is 0 Å². The number of nitrogens with zero attached hydrogens (tertiary/aromatic N) is 2. The van der Waals surface area contributed by atoms with Gasteiger partial charge in [-0.15, -0.1) is 0 Å². The standard InChI is InChI=1S/C13H14ClN3O3/c1-8-10(9(2)20-16-8)6-15-7-11-12(14)4-3-5-13(11)17(18)19/h3-5,15H,6-7H2,1-2H3. The molecular formula is C13H14ClN3O3. The van der Waals surface area contributed by atoms with Gasteiger partial charge in [0.25, 0.3) is 5.69 Å². The lowest BCUT2D eigenvalue weighted by Gasteiger charge is -2.07. The molecular weight excluding hydrogens is 282 g/mol. The highest BCUT2D eigenvalue weighted by Crippen LogP contribution is 2.26. The lowest BCUT2D eigenvalue weighted by Crippen LogP contribution is -2.15. The molecule has 0 aliphatic rings. The van der Waals surface area contributed by atoms with Gasteiger partial charge < -0.3 is 9.84 Å². The Bertz CT molecular complexity index is 620. The molecule has 0 aliphatic carbocycles. The van der Waals surface area contributed by atoms with Gasteiger partial charge in [0.2, 0.25) is 0 Å². The van der Waals surface area contributed by atoms with E-state index in [2.05, 4.69) is 10.5 Å². The highest BCUT2D eigenvalue weighted by atomic mass is 35.5. The van der Waals surface area contributed by atoms with Crippen LogP contribution in [0, 0.1) is 24.0 Å². The molecule has 2 rings (SSSR count). The summed E-state index contributed by atoms with van der Waals surface area (Å²) in [6.07, 6.45) is 0. The first-order chi connectivity index (χ1) is 9.50. The van der Waals surface area contributed by atoms with Crippen molar-refractivity contribution >= 4 is 17.3 Å². The van der Waals surface area contributed by atoms with Gasteiger partial charge in [-0.1, -0.05) is 22.8 Å². The number of aryl methyl sites for hydroxylation is 2. The monoisotopic (exact) mass is 295 g/mol. The fourth-order valence-corrected chi connectivity index (χ4v) is 2.20. The molecule has 0 fully saturated rings. The van der Waals surface area contributed by atoms with Gasteiger partial charge in [-0.05, 0) is 19.9 Å². The number of rotatable bonds is 5. The molecule has 20 heavy (non-hydrogen) atoms. The van der Waals surface area contributed by atoms with Gasteiger partial charge >= 0.3 is 0 Å². The summed E-state index contributed by atoms with van der Waals surface area (Å²) in [5.74, 6) is 0.739. The van der Waals surface area contributed by atoms with Crippen LogP contribution in [0.25, 0.3) is 0 Å². The second-order valence-electron chi connectivity index (χ2n) is 4.40. The third kappa shape index (κ3) is 2.97. The van der Waals surface area contributed by atoms with Crippen LogP contribution < -0.4 is 5.32 Å². The van der Waals surface area contributed by atoms with E-state index in [-0.39, 0.29) is 5.69 Å². The molecule has 1 aromatic carbocycles. The quantitative estimate of drug-likeness (QED) is 0.677. The minimum Gasteiger partial charge on any atom is -0.361 e. The van der Waals surface area contributed by atoms with E-state index in [9.17, 15) is 10.1 Å². The van der Waals surface area contributed by atoms with Gasteiger partial charge in [0.05, 0.1) is 21.2 Å². The zero-order valence-electron chi connectivity index (χ0n) is 11.1. The van der Waals surface area contributed by atoms with E-state index in [1.165, 1.54) is 6.07 Å². The number of nitro benzene ring substituents is 1. The van der Waals surface area contributed by atoms with Crippen LogP contribution in [-0.2, 0) is 13.1 Å². The normalized spacial score (nSPS) is 10.8. The summed E-state index contributed by atoms with van der Waals surface area (Å²) in [5, 5.41) is 18.3. The lowest BCUT2D eigenvalue weighted by molar-refractivity contribution is -0.385. The highest BCUT2D eigenvalue weighted by molar-refractivity contribution is 6.31. The molecule has 0 spiro atoms. The average Bonchev–Trinajstić information content (AvgIpc) is 2.71. The molecule has 0 atom stereocenters. The molecule has 1 aromatic heterocycles. The Morgan fingerprint density at radius 1 is 1.35 bits per heavy atom. The summed E-state index contributed by atoms with van der Waals surface area (Å²) in [5.41, 5.74) is 2.26. The van der Waals surface area contributed by atoms with E-state index in [0.717, 1.165) is 17.0 Å². The topological polar surface area (TPSA) is 81.2 Å². The zero-order chi connectivity index (χ0) is 14.7. The second kappa shape index (κ2) is 6.02. The maximum Gasteiger partial charge on any atom is 0.275 e. The molecule has 0 aliphatic heterocycles. The van der Waals surface area contributed by atoms with Crippen LogP contribution in [0.4, 0.5) is 5.69 Å². The van der Waals surface area contributed by atoms with Gasteiger partial charge in [0, 0.05) is 24.7 Å². The highest BCUT2D eigenvalue weighted by Gasteiger charge is 2.16. The van der Waals surface area contributed by atoms with Crippen LogP contribution in [-0.4, -0.2) is 10.1 Å². The van der Waals surface area contributed by atoms with Crippen LogP contribution in [0.2, 0.25) is 5.02 Å². The summed E-state index contributed by atoms with van der Waals surface area (Å²) in [6.45, 7) is 4.50. The Hall–Kier alpha value is -1.92. The minimum atomic E-state index is -0.432. The number of halogens is 1. The van der Waals surface area contributed by atoms with Crippen molar-refractivity contribution in [2.45, 2.75) is 26.9 Å². The van der Waals surface area contributed by atoms with Crippen LogP contribution in [0.15, 0.2) is 22.7 Å². The summed E-state index contributed by atoms with van der Waals surface area (Å²) >= 11 is 6.02. The van der Waals surface area contributed by atoms with E-state index < -0.39 is 4.92 Å². The molecule has 0 unspecified atom stereocenters. The van der Waals surface area contributed by atoms with Crippen molar-refractivity contribution in [2.75, 3.05) is 0 Å². The summed E-state index contributed by atoms with van der Waals surface area (Å²) in [4.78, 5) is 10.5. The van der Waals surface area contributed by atoms with Crippen molar-refractivity contribution in [1.82, 2.24) is 10.5 Å². The Balaban J connectivity index is 2.10. The molecule has 0 bridgehead atoms.